The van der Waals surface area contributed by atoms with Crippen LogP contribution in [0, 0.1) is 5.92 Å². The Morgan fingerprint density at radius 2 is 1.92 bits per heavy atom. The van der Waals surface area contributed by atoms with E-state index in [4.69, 9.17) is 16.6 Å². The number of aromatic nitrogens is 2. The van der Waals surface area contributed by atoms with E-state index >= 15 is 0 Å². The van der Waals surface area contributed by atoms with Crippen LogP contribution < -0.4 is 5.56 Å². The topological polar surface area (TPSA) is 55.2 Å². The number of carbonyl (C=O) groups excluding carboxylic acids is 1. The highest BCUT2D eigenvalue weighted by molar-refractivity contribution is 6.35. The van der Waals surface area contributed by atoms with Crippen molar-refractivity contribution >= 4 is 28.8 Å². The molecule has 0 bridgehead atoms. The van der Waals surface area contributed by atoms with Crippen molar-refractivity contribution in [3.8, 4) is 5.69 Å². The summed E-state index contributed by atoms with van der Waals surface area (Å²) in [5.74, 6) is 1.51. The monoisotopic (exact) mass is 531 g/mol. The summed E-state index contributed by atoms with van der Waals surface area (Å²) < 4.78 is 2.26. The largest absolute Gasteiger partial charge is 0.303 e. The summed E-state index contributed by atoms with van der Waals surface area (Å²) in [5.41, 5.74) is 4.35. The molecule has 3 heterocycles. The molecule has 1 aliphatic carbocycles. The van der Waals surface area contributed by atoms with Crippen LogP contribution in [0.2, 0.25) is 5.02 Å². The molecule has 200 valence electrons. The summed E-state index contributed by atoms with van der Waals surface area (Å²) in [4.78, 5) is 31.7. The van der Waals surface area contributed by atoms with Crippen molar-refractivity contribution in [3.05, 3.63) is 68.7 Å². The van der Waals surface area contributed by atoms with Crippen LogP contribution in [0.1, 0.15) is 94.5 Å². The quantitative estimate of drug-likeness (QED) is 0.329. The van der Waals surface area contributed by atoms with E-state index < -0.39 is 0 Å². The first-order chi connectivity index (χ1) is 18.4. The third-order valence-corrected chi connectivity index (χ3v) is 9.91. The first kappa shape index (κ1) is 25.8. The van der Waals surface area contributed by atoms with Gasteiger partial charge in [-0.25, -0.2) is 0 Å². The van der Waals surface area contributed by atoms with Gasteiger partial charge in [0.05, 0.1) is 27.0 Å². The fourth-order valence-electron chi connectivity index (χ4n) is 7.39. The molecule has 5 nitrogen and oxygen atoms in total. The molecule has 0 N–H and O–H groups in total. The third kappa shape index (κ3) is 4.23. The molecule has 0 radical (unpaired) electrons. The molecule has 38 heavy (non-hydrogen) atoms. The summed E-state index contributed by atoms with van der Waals surface area (Å²) >= 11 is 6.54. The lowest BCUT2D eigenvalue weighted by Gasteiger charge is -2.37. The van der Waals surface area contributed by atoms with Crippen molar-refractivity contribution in [2.45, 2.75) is 89.0 Å². The number of halogens is 1. The van der Waals surface area contributed by atoms with Gasteiger partial charge in [0.15, 0.2) is 0 Å². The van der Waals surface area contributed by atoms with E-state index in [1.807, 2.05) is 19.1 Å². The van der Waals surface area contributed by atoms with Crippen LogP contribution in [-0.2, 0) is 10.2 Å². The van der Waals surface area contributed by atoms with Gasteiger partial charge in [0, 0.05) is 18.5 Å². The molecule has 3 aromatic rings. The van der Waals surface area contributed by atoms with Gasteiger partial charge in [-0.3, -0.25) is 9.36 Å². The standard InChI is InChI=1S/C32H38ClN3O2/c1-21(20-37)11-12-22(2)35-17-7-8-24(19-35)23-13-14-25-28(18-23)36-27-10-6-9-26(33)29(27)30(38)34-31(36)32(25)15-4-3-5-16-32/h6,9-10,13-14,18,20-22,24H,3-5,7-8,11-12,15-17,19H2,1-2H3. The van der Waals surface area contributed by atoms with E-state index in [9.17, 15) is 9.59 Å². The minimum Gasteiger partial charge on any atom is -0.303 e. The van der Waals surface area contributed by atoms with Crippen molar-refractivity contribution in [3.63, 3.8) is 0 Å². The molecule has 2 aliphatic heterocycles. The molecule has 1 saturated carbocycles. The minimum atomic E-state index is -0.212. The van der Waals surface area contributed by atoms with Crippen LogP contribution in [0.25, 0.3) is 16.6 Å². The molecule has 3 aliphatic rings. The van der Waals surface area contributed by atoms with Crippen LogP contribution in [0.3, 0.4) is 0 Å². The van der Waals surface area contributed by atoms with E-state index in [0.717, 1.165) is 69.2 Å². The zero-order chi connectivity index (χ0) is 26.4. The fourth-order valence-corrected chi connectivity index (χ4v) is 7.64. The maximum Gasteiger partial charge on any atom is 0.282 e. The first-order valence-electron chi connectivity index (χ1n) is 14.5. The van der Waals surface area contributed by atoms with Gasteiger partial charge in [0.25, 0.3) is 5.56 Å². The second kappa shape index (κ2) is 10.2. The number of rotatable bonds is 6. The second-order valence-corrected chi connectivity index (χ2v) is 12.4. The number of piperidine rings is 1. The van der Waals surface area contributed by atoms with Gasteiger partial charge in [0.1, 0.15) is 12.1 Å². The molecule has 2 aromatic carbocycles. The lowest BCUT2D eigenvalue weighted by Crippen LogP contribution is -2.40. The number of hydrogen-bond acceptors (Lipinski definition) is 4. The maximum atomic E-state index is 13.2. The van der Waals surface area contributed by atoms with Crippen LogP contribution in [0.15, 0.2) is 41.2 Å². The fraction of sp³-hybridized carbons (Fsp3) is 0.531. The molecule has 2 fully saturated rings. The average molecular weight is 532 g/mol. The molecule has 6 rings (SSSR count). The Labute approximate surface area is 230 Å². The van der Waals surface area contributed by atoms with Crippen molar-refractivity contribution in [2.24, 2.45) is 5.92 Å². The Balaban J connectivity index is 1.40. The number of hydrogen-bond donors (Lipinski definition) is 0. The van der Waals surface area contributed by atoms with Gasteiger partial charge in [-0.15, -0.1) is 0 Å². The van der Waals surface area contributed by atoms with E-state index in [-0.39, 0.29) is 16.9 Å². The van der Waals surface area contributed by atoms with Gasteiger partial charge in [-0.1, -0.05) is 56.0 Å². The number of aldehydes is 1. The number of fused-ring (bicyclic) bond motifs is 7. The van der Waals surface area contributed by atoms with Crippen LogP contribution >= 0.6 is 11.6 Å². The van der Waals surface area contributed by atoms with Crippen molar-refractivity contribution in [1.29, 1.82) is 0 Å². The summed E-state index contributed by atoms with van der Waals surface area (Å²) in [7, 11) is 0. The van der Waals surface area contributed by atoms with E-state index in [0.29, 0.717) is 22.4 Å². The SMILES string of the molecule is CC(C=O)CCC(C)N1CCCC(c2ccc3c(c2)-n2c(nc(=O)c4c(Cl)cccc42)C32CCCCC2)C1. The maximum absolute atomic E-state index is 13.2. The van der Waals surface area contributed by atoms with Gasteiger partial charge >= 0.3 is 0 Å². The Kier molecular flexibility index (Phi) is 6.94. The van der Waals surface area contributed by atoms with E-state index in [1.165, 1.54) is 36.1 Å². The lowest BCUT2D eigenvalue weighted by molar-refractivity contribution is -0.110. The molecule has 0 amide bonds. The molecule has 1 spiro atoms. The predicted molar refractivity (Wildman–Crippen MR) is 154 cm³/mol. The zero-order valence-electron chi connectivity index (χ0n) is 22.6. The second-order valence-electron chi connectivity index (χ2n) is 12.0. The van der Waals surface area contributed by atoms with E-state index in [2.05, 4.69) is 34.6 Å². The van der Waals surface area contributed by atoms with Crippen LogP contribution in [0.4, 0.5) is 0 Å². The van der Waals surface area contributed by atoms with Crippen molar-refractivity contribution < 1.29 is 4.79 Å². The Bertz CT molecular complexity index is 1420. The van der Waals surface area contributed by atoms with Gasteiger partial charge in [-0.05, 0) is 87.2 Å². The number of carbonyl (C=O) groups is 1. The Morgan fingerprint density at radius 1 is 1.11 bits per heavy atom. The summed E-state index contributed by atoms with van der Waals surface area (Å²) in [6, 6.07) is 13.3. The van der Waals surface area contributed by atoms with Crippen molar-refractivity contribution in [1.82, 2.24) is 14.5 Å². The minimum absolute atomic E-state index is 0.130. The molecule has 3 atom stereocenters. The zero-order valence-corrected chi connectivity index (χ0v) is 23.3. The summed E-state index contributed by atoms with van der Waals surface area (Å²) in [6.07, 6.45) is 11.1. The van der Waals surface area contributed by atoms with Gasteiger partial charge in [0.2, 0.25) is 0 Å². The molecule has 1 aromatic heterocycles. The normalized spacial score (nSPS) is 22.2. The molecular weight excluding hydrogens is 494 g/mol. The van der Waals surface area contributed by atoms with Gasteiger partial charge < -0.3 is 9.69 Å². The van der Waals surface area contributed by atoms with Crippen LogP contribution in [0.5, 0.6) is 0 Å². The number of likely N-dealkylation sites (tertiary alicyclic amines) is 1. The molecular formula is C32H38ClN3O2. The highest BCUT2D eigenvalue weighted by atomic mass is 35.5. The smallest absolute Gasteiger partial charge is 0.282 e. The van der Waals surface area contributed by atoms with Crippen molar-refractivity contribution in [2.75, 3.05) is 13.1 Å². The van der Waals surface area contributed by atoms with Gasteiger partial charge in [-0.2, -0.15) is 4.98 Å². The van der Waals surface area contributed by atoms with E-state index in [1.54, 1.807) is 6.07 Å². The molecule has 6 heteroatoms. The predicted octanol–water partition coefficient (Wildman–Crippen LogP) is 6.79. The first-order valence-corrected chi connectivity index (χ1v) is 14.9. The molecule has 1 saturated heterocycles. The highest BCUT2D eigenvalue weighted by Crippen LogP contribution is 2.52. The summed E-state index contributed by atoms with van der Waals surface area (Å²) in [6.45, 7) is 6.49. The average Bonchev–Trinajstić information content (AvgIpc) is 3.20. The lowest BCUT2D eigenvalue weighted by atomic mass is 9.69. The third-order valence-electron chi connectivity index (χ3n) is 9.60. The Morgan fingerprint density at radius 3 is 2.71 bits per heavy atom. The van der Waals surface area contributed by atoms with Crippen LogP contribution in [-0.4, -0.2) is 39.9 Å². The Hall–Kier alpha value is -2.50. The molecule has 3 unspecified atom stereocenters. The summed E-state index contributed by atoms with van der Waals surface area (Å²) in [5, 5.41) is 0.989. The number of benzene rings is 2. The highest BCUT2D eigenvalue weighted by Gasteiger charge is 2.46. The number of nitrogens with zero attached hydrogens (tertiary/aromatic N) is 3.